The minimum Gasteiger partial charge on any atom is -0.491 e. The molecule has 1 aliphatic heterocycles. The van der Waals surface area contributed by atoms with E-state index in [0.717, 1.165) is 32.0 Å². The molecule has 10 heteroatoms. The number of fused-ring (bicyclic) bond motifs is 1. The van der Waals surface area contributed by atoms with E-state index in [1.165, 1.54) is 12.1 Å². The molecule has 1 aromatic heterocycles. The fourth-order valence-electron chi connectivity index (χ4n) is 4.01. The van der Waals surface area contributed by atoms with Gasteiger partial charge in [0.2, 0.25) is 0 Å². The first-order valence-electron chi connectivity index (χ1n) is 11.9. The van der Waals surface area contributed by atoms with Crippen LogP contribution in [-0.2, 0) is 9.59 Å². The molecular weight excluding hydrogens is 467 g/mol. The van der Waals surface area contributed by atoms with Gasteiger partial charge in [-0.3, -0.25) is 14.6 Å². The van der Waals surface area contributed by atoms with Gasteiger partial charge in [-0.2, -0.15) is 0 Å². The van der Waals surface area contributed by atoms with Crippen LogP contribution < -0.4 is 30.2 Å². The molecule has 36 heavy (non-hydrogen) atoms. The lowest BCUT2D eigenvalue weighted by Crippen LogP contribution is -2.35. The molecule has 0 spiro atoms. The Balaban J connectivity index is 1.52. The van der Waals surface area contributed by atoms with Crippen LogP contribution in [0.15, 0.2) is 42.6 Å². The SMILES string of the molecule is CCNC(=O)C(=O)Nc1ccc(Oc2ccnc3c(OC)c(OCC4CCNCC4)ccc23)c(F)c1. The second kappa shape index (κ2) is 11.7. The molecule has 0 atom stereocenters. The third-order valence-corrected chi connectivity index (χ3v) is 5.88. The number of hydrogen-bond acceptors (Lipinski definition) is 7. The quantitative estimate of drug-likeness (QED) is 0.409. The summed E-state index contributed by atoms with van der Waals surface area (Å²) in [6.07, 6.45) is 3.67. The number of nitrogens with zero attached hydrogens (tertiary/aromatic N) is 1. The standard InChI is InChI=1S/C26H29FN4O5/c1-3-29-25(32)26(33)31-17-4-6-21(19(27)14-17)36-20-10-13-30-23-18(20)5-7-22(24(23)34-2)35-15-16-8-11-28-12-9-16/h4-7,10,13-14,16,28H,3,8-9,11-12,15H2,1-2H3,(H,29,32)(H,31,33). The predicted molar refractivity (Wildman–Crippen MR) is 133 cm³/mol. The van der Waals surface area contributed by atoms with E-state index < -0.39 is 17.6 Å². The molecule has 2 aromatic carbocycles. The maximum atomic E-state index is 14.8. The molecule has 1 fully saturated rings. The summed E-state index contributed by atoms with van der Waals surface area (Å²) in [6.45, 7) is 4.57. The molecule has 0 radical (unpaired) electrons. The number of rotatable bonds is 8. The Morgan fingerprint density at radius 1 is 1.08 bits per heavy atom. The minimum atomic E-state index is -0.879. The van der Waals surface area contributed by atoms with Gasteiger partial charge in [0.05, 0.1) is 13.7 Å². The van der Waals surface area contributed by atoms with Gasteiger partial charge >= 0.3 is 11.8 Å². The fourth-order valence-corrected chi connectivity index (χ4v) is 4.01. The van der Waals surface area contributed by atoms with Gasteiger partial charge in [-0.15, -0.1) is 0 Å². The number of pyridine rings is 1. The average molecular weight is 497 g/mol. The number of halogens is 1. The molecule has 0 aliphatic carbocycles. The van der Waals surface area contributed by atoms with Crippen molar-refractivity contribution in [2.75, 3.05) is 38.7 Å². The molecule has 3 N–H and O–H groups in total. The van der Waals surface area contributed by atoms with Crippen molar-refractivity contribution >= 4 is 28.4 Å². The second-order valence-corrected chi connectivity index (χ2v) is 8.37. The van der Waals surface area contributed by atoms with E-state index >= 15 is 0 Å². The van der Waals surface area contributed by atoms with E-state index in [-0.39, 0.29) is 11.4 Å². The summed E-state index contributed by atoms with van der Waals surface area (Å²) in [5.41, 5.74) is 0.664. The molecule has 2 amide bonds. The zero-order valence-electron chi connectivity index (χ0n) is 20.2. The van der Waals surface area contributed by atoms with Crippen LogP contribution in [0.1, 0.15) is 19.8 Å². The zero-order chi connectivity index (χ0) is 25.5. The van der Waals surface area contributed by atoms with Gasteiger partial charge in [0.1, 0.15) is 11.3 Å². The summed E-state index contributed by atoms with van der Waals surface area (Å²) in [5, 5.41) is 8.70. The van der Waals surface area contributed by atoms with E-state index in [0.29, 0.717) is 47.2 Å². The number of piperidine rings is 1. The first-order valence-corrected chi connectivity index (χ1v) is 11.9. The van der Waals surface area contributed by atoms with E-state index in [1.807, 2.05) is 0 Å². The van der Waals surface area contributed by atoms with Crippen molar-refractivity contribution in [2.24, 2.45) is 5.92 Å². The smallest absolute Gasteiger partial charge is 0.313 e. The van der Waals surface area contributed by atoms with E-state index in [4.69, 9.17) is 14.2 Å². The van der Waals surface area contributed by atoms with Gasteiger partial charge in [0, 0.05) is 29.9 Å². The predicted octanol–water partition coefficient (Wildman–Crippen LogP) is 3.63. The van der Waals surface area contributed by atoms with Crippen LogP contribution >= 0.6 is 0 Å². The molecule has 9 nitrogen and oxygen atoms in total. The van der Waals surface area contributed by atoms with Gasteiger partial charge < -0.3 is 30.2 Å². The van der Waals surface area contributed by atoms with Crippen LogP contribution in [0.2, 0.25) is 0 Å². The summed E-state index contributed by atoms with van der Waals surface area (Å²) < 4.78 is 32.3. The van der Waals surface area contributed by atoms with E-state index in [9.17, 15) is 14.0 Å². The van der Waals surface area contributed by atoms with Crippen LogP contribution in [0.5, 0.6) is 23.0 Å². The monoisotopic (exact) mass is 496 g/mol. The number of carbonyl (C=O) groups is 2. The Hall–Kier alpha value is -3.92. The summed E-state index contributed by atoms with van der Waals surface area (Å²) >= 11 is 0. The highest BCUT2D eigenvalue weighted by atomic mass is 19.1. The van der Waals surface area contributed by atoms with Gasteiger partial charge in [-0.25, -0.2) is 4.39 Å². The number of likely N-dealkylation sites (N-methyl/N-ethyl adjacent to an activating group) is 1. The van der Waals surface area contributed by atoms with Gasteiger partial charge in [-0.1, -0.05) is 0 Å². The summed E-state index contributed by atoms with van der Waals surface area (Å²) in [6, 6.07) is 9.14. The Labute approximate surface area is 208 Å². The number of amides is 2. The number of aromatic nitrogens is 1. The third-order valence-electron chi connectivity index (χ3n) is 5.88. The summed E-state index contributed by atoms with van der Waals surface area (Å²) in [4.78, 5) is 27.9. The Bertz CT molecular complexity index is 1250. The number of benzene rings is 2. The van der Waals surface area contributed by atoms with Crippen molar-refractivity contribution in [1.29, 1.82) is 0 Å². The van der Waals surface area contributed by atoms with Gasteiger partial charge in [-0.05, 0) is 69.1 Å². The van der Waals surface area contributed by atoms with Crippen molar-refractivity contribution in [3.63, 3.8) is 0 Å². The fraction of sp³-hybridized carbons (Fsp3) is 0.346. The van der Waals surface area contributed by atoms with Crippen LogP contribution in [0, 0.1) is 11.7 Å². The maximum Gasteiger partial charge on any atom is 0.313 e. The van der Waals surface area contributed by atoms with Crippen molar-refractivity contribution in [1.82, 2.24) is 15.6 Å². The summed E-state index contributed by atoms with van der Waals surface area (Å²) in [5.74, 6) is -0.509. The van der Waals surface area contributed by atoms with Gasteiger partial charge in [0.15, 0.2) is 23.1 Å². The molecule has 4 rings (SSSR count). The molecule has 1 saturated heterocycles. The first kappa shape index (κ1) is 25.2. The molecular formula is C26H29FN4O5. The topological polar surface area (TPSA) is 111 Å². The largest absolute Gasteiger partial charge is 0.491 e. The molecule has 1 aliphatic rings. The van der Waals surface area contributed by atoms with Crippen molar-refractivity contribution < 1.29 is 28.2 Å². The summed E-state index contributed by atoms with van der Waals surface area (Å²) in [7, 11) is 1.55. The average Bonchev–Trinajstić information content (AvgIpc) is 2.89. The van der Waals surface area contributed by atoms with Gasteiger partial charge in [0.25, 0.3) is 0 Å². The van der Waals surface area contributed by atoms with Crippen molar-refractivity contribution in [2.45, 2.75) is 19.8 Å². The molecule has 2 heterocycles. The molecule has 190 valence electrons. The van der Waals surface area contributed by atoms with Crippen LogP contribution in [-0.4, -0.2) is 50.1 Å². The Morgan fingerprint density at radius 2 is 1.86 bits per heavy atom. The lowest BCUT2D eigenvalue weighted by Gasteiger charge is -2.23. The lowest BCUT2D eigenvalue weighted by atomic mass is 9.99. The number of ether oxygens (including phenoxy) is 3. The molecule has 3 aromatic rings. The van der Waals surface area contributed by atoms with Crippen molar-refractivity contribution in [3.05, 3.63) is 48.4 Å². The van der Waals surface area contributed by atoms with E-state index in [1.54, 1.807) is 38.4 Å². The molecule has 0 bridgehead atoms. The van der Waals surface area contributed by atoms with E-state index in [2.05, 4.69) is 20.9 Å². The normalized spacial score (nSPS) is 13.8. The Morgan fingerprint density at radius 3 is 2.58 bits per heavy atom. The zero-order valence-corrected chi connectivity index (χ0v) is 20.2. The number of anilines is 1. The first-order chi connectivity index (χ1) is 17.5. The Kier molecular flexibility index (Phi) is 8.17. The van der Waals surface area contributed by atoms with Crippen molar-refractivity contribution in [3.8, 4) is 23.0 Å². The highest BCUT2D eigenvalue weighted by molar-refractivity contribution is 6.39. The number of nitrogens with one attached hydrogen (secondary N) is 3. The molecule has 0 saturated carbocycles. The third kappa shape index (κ3) is 5.83. The number of carbonyl (C=O) groups excluding carboxylic acids is 2. The number of methoxy groups -OCH3 is 1. The highest BCUT2D eigenvalue weighted by Gasteiger charge is 2.19. The molecule has 0 unspecified atom stereocenters. The maximum absolute atomic E-state index is 14.8. The van der Waals surface area contributed by atoms with Crippen LogP contribution in [0.3, 0.4) is 0 Å². The number of hydrogen-bond donors (Lipinski definition) is 3. The second-order valence-electron chi connectivity index (χ2n) is 8.37. The highest BCUT2D eigenvalue weighted by Crippen LogP contribution is 2.39. The van der Waals surface area contributed by atoms with Crippen LogP contribution in [0.25, 0.3) is 10.9 Å². The lowest BCUT2D eigenvalue weighted by molar-refractivity contribution is -0.136. The van der Waals surface area contributed by atoms with Crippen LogP contribution in [0.4, 0.5) is 10.1 Å². The minimum absolute atomic E-state index is 0.0521.